The molecule has 0 aromatic heterocycles. The number of aliphatic hydroxyl groups is 3. The summed E-state index contributed by atoms with van der Waals surface area (Å²) in [4.78, 5) is 4.84. The highest BCUT2D eigenvalue weighted by Crippen LogP contribution is 2.37. The number of ether oxygens (including phenoxy) is 1. The average molecular weight is 414 g/mol. The van der Waals surface area contributed by atoms with E-state index in [-0.39, 0.29) is 25.7 Å². The zero-order chi connectivity index (χ0) is 21.7. The highest BCUT2D eigenvalue weighted by molar-refractivity contribution is 5.98. The van der Waals surface area contributed by atoms with Gasteiger partial charge in [-0.15, -0.1) is 0 Å². The number of rotatable bonds is 7. The monoisotopic (exact) mass is 413 g/mol. The number of aliphatic hydroxyl groups excluding tert-OH is 3. The molecule has 2 unspecified atom stereocenters. The Kier molecular flexibility index (Phi) is 7.26. The Morgan fingerprint density at radius 2 is 1.87 bits per heavy atom. The molecule has 0 radical (unpaired) electrons. The van der Waals surface area contributed by atoms with Gasteiger partial charge in [-0.3, -0.25) is 0 Å². The van der Waals surface area contributed by atoms with Crippen LogP contribution in [-0.2, 0) is 16.0 Å². The molecule has 3 rings (SSSR count). The fourth-order valence-electron chi connectivity index (χ4n) is 3.97. The van der Waals surface area contributed by atoms with E-state index in [1.807, 2.05) is 25.1 Å². The van der Waals surface area contributed by atoms with Gasteiger partial charge in [0.05, 0.1) is 31.1 Å². The maximum absolute atomic E-state index is 10.3. The molecule has 3 N–H and O–H groups in total. The van der Waals surface area contributed by atoms with Crippen LogP contribution >= 0.6 is 0 Å². The highest BCUT2D eigenvalue weighted by Gasteiger charge is 2.41. The Balaban J connectivity index is 1.81. The molecule has 0 spiro atoms. The quantitative estimate of drug-likeness (QED) is 0.480. The van der Waals surface area contributed by atoms with Gasteiger partial charge in [0.15, 0.2) is 0 Å². The van der Waals surface area contributed by atoms with Crippen molar-refractivity contribution in [1.29, 1.82) is 0 Å². The maximum atomic E-state index is 10.3. The molecule has 1 heterocycles. The first-order valence-electron chi connectivity index (χ1n) is 10.2. The van der Waals surface area contributed by atoms with E-state index in [0.29, 0.717) is 6.42 Å². The van der Waals surface area contributed by atoms with E-state index in [9.17, 15) is 15.3 Å². The van der Waals surface area contributed by atoms with Gasteiger partial charge in [-0.25, -0.2) is 0 Å². The van der Waals surface area contributed by atoms with Crippen molar-refractivity contribution in [2.45, 2.75) is 50.9 Å². The third kappa shape index (κ3) is 5.08. The van der Waals surface area contributed by atoms with Gasteiger partial charge in [0.2, 0.25) is 0 Å². The van der Waals surface area contributed by atoms with Crippen LogP contribution in [-0.4, -0.2) is 53.1 Å². The molecule has 0 saturated carbocycles. The lowest BCUT2D eigenvalue weighted by Crippen LogP contribution is -2.48. The minimum Gasteiger partial charge on any atom is -0.399 e. The van der Waals surface area contributed by atoms with E-state index in [0.717, 1.165) is 23.3 Å². The van der Waals surface area contributed by atoms with Crippen molar-refractivity contribution in [3.05, 3.63) is 70.3 Å². The van der Waals surface area contributed by atoms with E-state index in [1.54, 1.807) is 0 Å². The van der Waals surface area contributed by atoms with Gasteiger partial charge in [0.25, 0.3) is 0 Å². The topological polar surface area (TPSA) is 91.5 Å². The van der Waals surface area contributed by atoms with Crippen molar-refractivity contribution in [3.63, 3.8) is 0 Å². The summed E-state index contributed by atoms with van der Waals surface area (Å²) >= 11 is 0. The van der Waals surface area contributed by atoms with Crippen LogP contribution in [0.5, 0.6) is 0 Å². The van der Waals surface area contributed by atoms with Crippen LogP contribution in [0.3, 0.4) is 0 Å². The number of hydrogen-bond donors (Lipinski definition) is 3. The summed E-state index contributed by atoms with van der Waals surface area (Å²) in [5, 5.41) is 33.7. The molecule has 0 bridgehead atoms. The fraction of sp³-hybridized carbons (Fsp3) is 0.458. The van der Waals surface area contributed by atoms with Crippen molar-refractivity contribution in [2.75, 3.05) is 20.3 Å². The predicted octanol–water partition coefficient (Wildman–Crippen LogP) is 2.89. The molecule has 2 aromatic rings. The summed E-state index contributed by atoms with van der Waals surface area (Å²) in [5.74, 6) is 0. The molecule has 1 aliphatic heterocycles. The van der Waals surface area contributed by atoms with Gasteiger partial charge in [-0.2, -0.15) is 0 Å². The Hall–Kier alpha value is -2.25. The van der Waals surface area contributed by atoms with E-state index in [2.05, 4.69) is 36.3 Å². The van der Waals surface area contributed by atoms with Gasteiger partial charge in [0, 0.05) is 12.8 Å². The first-order valence-corrected chi connectivity index (χ1v) is 10.2. The van der Waals surface area contributed by atoms with Crippen LogP contribution in [0.25, 0.3) is 0 Å². The molecule has 6 heteroatoms. The minimum absolute atomic E-state index is 0.230. The Bertz CT molecular complexity index is 874. The van der Waals surface area contributed by atoms with E-state index in [1.165, 1.54) is 23.8 Å². The number of aryl methyl sites for hydroxylation is 1. The lowest BCUT2D eigenvalue weighted by molar-refractivity contribution is -0.198. The van der Waals surface area contributed by atoms with E-state index in [4.69, 9.17) is 9.57 Å². The predicted molar refractivity (Wildman–Crippen MR) is 116 cm³/mol. The van der Waals surface area contributed by atoms with Crippen molar-refractivity contribution >= 4 is 5.71 Å². The smallest absolute Gasteiger partial charge is 0.117 e. The number of benzene rings is 2. The molecule has 1 fully saturated rings. The zero-order valence-electron chi connectivity index (χ0n) is 17.8. The summed E-state index contributed by atoms with van der Waals surface area (Å²) in [5.41, 5.74) is 5.20. The third-order valence-electron chi connectivity index (χ3n) is 5.80. The summed E-state index contributed by atoms with van der Waals surface area (Å²) in [6.45, 7) is 3.33. The molecule has 1 saturated heterocycles. The van der Waals surface area contributed by atoms with Gasteiger partial charge in [0.1, 0.15) is 12.7 Å². The minimum atomic E-state index is -1.11. The largest absolute Gasteiger partial charge is 0.399 e. The number of oxime groups is 1. The summed E-state index contributed by atoms with van der Waals surface area (Å²) in [6.07, 6.45) is 0.436. The van der Waals surface area contributed by atoms with Crippen molar-refractivity contribution in [3.8, 4) is 0 Å². The van der Waals surface area contributed by atoms with Crippen LogP contribution in [0.1, 0.15) is 53.7 Å². The average Bonchev–Trinajstić information content (AvgIpc) is 2.75. The second-order valence-corrected chi connectivity index (χ2v) is 8.12. The van der Waals surface area contributed by atoms with E-state index < -0.39 is 11.7 Å². The summed E-state index contributed by atoms with van der Waals surface area (Å²) in [7, 11) is 1.54. The van der Waals surface area contributed by atoms with Crippen LogP contribution in [0, 0.1) is 6.92 Å². The van der Waals surface area contributed by atoms with Crippen molar-refractivity contribution in [2.24, 2.45) is 5.16 Å². The SMILES string of the molecule is CO/N=C(\C)c1ccc(Cc2cc(C3CC(O)CC(CO)(CO)O3)ccc2C)cc1. The van der Waals surface area contributed by atoms with Gasteiger partial charge < -0.3 is 24.9 Å². The van der Waals surface area contributed by atoms with Crippen molar-refractivity contribution in [1.82, 2.24) is 0 Å². The van der Waals surface area contributed by atoms with Crippen LogP contribution < -0.4 is 0 Å². The van der Waals surface area contributed by atoms with Gasteiger partial charge >= 0.3 is 0 Å². The molecule has 6 nitrogen and oxygen atoms in total. The molecule has 0 amide bonds. The first kappa shape index (κ1) is 22.4. The van der Waals surface area contributed by atoms with Crippen LogP contribution in [0.2, 0.25) is 0 Å². The normalized spacial score (nSPS) is 21.5. The molecule has 162 valence electrons. The molecule has 2 aromatic carbocycles. The Labute approximate surface area is 177 Å². The summed E-state index contributed by atoms with van der Waals surface area (Å²) < 4.78 is 6.05. The van der Waals surface area contributed by atoms with Crippen LogP contribution in [0.15, 0.2) is 47.6 Å². The molecular formula is C24H31NO5. The molecular weight excluding hydrogens is 382 g/mol. The molecule has 1 aliphatic rings. The third-order valence-corrected chi connectivity index (χ3v) is 5.80. The molecule has 30 heavy (non-hydrogen) atoms. The van der Waals surface area contributed by atoms with Crippen LogP contribution in [0.4, 0.5) is 0 Å². The number of hydrogen-bond acceptors (Lipinski definition) is 6. The lowest BCUT2D eigenvalue weighted by atomic mass is 9.87. The standard InChI is InChI=1S/C24H31NO5/c1-16-4-7-20(23-12-22(28)13-24(14-26,15-27)30-23)11-21(16)10-18-5-8-19(9-6-18)17(2)25-29-3/h4-9,11,22-23,26-28H,10,12-15H2,1-3H3/b25-17+. The van der Waals surface area contributed by atoms with Crippen molar-refractivity contribution < 1.29 is 24.9 Å². The second kappa shape index (κ2) is 9.71. The molecule has 0 aliphatic carbocycles. The summed E-state index contributed by atoms with van der Waals surface area (Å²) in [6, 6.07) is 14.4. The number of nitrogens with zero attached hydrogens (tertiary/aromatic N) is 1. The maximum Gasteiger partial charge on any atom is 0.117 e. The first-order chi connectivity index (χ1) is 14.4. The second-order valence-electron chi connectivity index (χ2n) is 8.12. The Morgan fingerprint density at radius 1 is 1.17 bits per heavy atom. The molecule has 2 atom stereocenters. The van der Waals surface area contributed by atoms with Gasteiger partial charge in [-0.1, -0.05) is 47.6 Å². The zero-order valence-corrected chi connectivity index (χ0v) is 17.8. The Morgan fingerprint density at radius 3 is 2.50 bits per heavy atom. The van der Waals surface area contributed by atoms with E-state index >= 15 is 0 Å². The lowest BCUT2D eigenvalue weighted by Gasteiger charge is -2.41. The highest BCUT2D eigenvalue weighted by atomic mass is 16.6. The fourth-order valence-corrected chi connectivity index (χ4v) is 3.97. The van der Waals surface area contributed by atoms with Gasteiger partial charge in [-0.05, 0) is 48.1 Å².